The van der Waals surface area contributed by atoms with Crippen LogP contribution in [0.1, 0.15) is 6.92 Å². The molecule has 1 atom stereocenters. The van der Waals surface area contributed by atoms with Crippen LogP contribution in [0.5, 0.6) is 0 Å². The van der Waals surface area contributed by atoms with Crippen LogP contribution in [0, 0.1) is 5.92 Å². The van der Waals surface area contributed by atoms with Gasteiger partial charge in [-0.05, 0) is 0 Å². The zero-order chi connectivity index (χ0) is 7.98. The Morgan fingerprint density at radius 2 is 2.40 bits per heavy atom. The van der Waals surface area contributed by atoms with Crippen molar-refractivity contribution in [3.8, 4) is 0 Å². The van der Waals surface area contributed by atoms with E-state index in [0.29, 0.717) is 6.54 Å². The third-order valence-electron chi connectivity index (χ3n) is 1.09. The molecule has 0 aliphatic heterocycles. The van der Waals surface area contributed by atoms with E-state index in [2.05, 4.69) is 27.9 Å². The molecule has 0 aliphatic carbocycles. The number of hydrogen-bond acceptors (Lipinski definition) is 2. The van der Waals surface area contributed by atoms with Gasteiger partial charge in [-0.25, -0.2) is 0 Å². The molecule has 0 saturated carbocycles. The second-order valence-electron chi connectivity index (χ2n) is 2.07. The summed E-state index contributed by atoms with van der Waals surface area (Å²) in [6.45, 7) is 2.23. The fourth-order valence-electron chi connectivity index (χ4n) is 0.423. The number of nitrogens with one attached hydrogen (secondary N) is 1. The molecule has 4 heteroatoms. The minimum atomic E-state index is 0.0136. The van der Waals surface area contributed by atoms with Gasteiger partial charge in [0, 0.05) is 16.9 Å². The first-order chi connectivity index (χ1) is 4.72. The summed E-state index contributed by atoms with van der Waals surface area (Å²) in [6, 6.07) is 0. The zero-order valence-electron chi connectivity index (χ0n) is 5.93. The van der Waals surface area contributed by atoms with Crippen LogP contribution in [0.4, 0.5) is 0 Å². The van der Waals surface area contributed by atoms with Gasteiger partial charge < -0.3 is 10.4 Å². The minimum Gasteiger partial charge on any atom is -0.395 e. The normalized spacial score (nSPS) is 12.7. The first-order valence-electron chi connectivity index (χ1n) is 3.17. The maximum absolute atomic E-state index is 10.9. The van der Waals surface area contributed by atoms with Crippen LogP contribution in [-0.4, -0.2) is 28.6 Å². The van der Waals surface area contributed by atoms with Crippen molar-refractivity contribution in [2.45, 2.75) is 6.92 Å². The first kappa shape index (κ1) is 10.2. The van der Waals surface area contributed by atoms with Gasteiger partial charge in [-0.3, -0.25) is 4.79 Å². The lowest BCUT2D eigenvalue weighted by atomic mass is 10.2. The summed E-state index contributed by atoms with van der Waals surface area (Å²) in [4.78, 5) is 10.9. The third kappa shape index (κ3) is 4.05. The summed E-state index contributed by atoms with van der Waals surface area (Å²) in [5.41, 5.74) is 0. The molecule has 2 N–H and O–H groups in total. The Morgan fingerprint density at radius 3 is 2.80 bits per heavy atom. The Morgan fingerprint density at radius 1 is 1.80 bits per heavy atom. The predicted octanol–water partition coefficient (Wildman–Crippen LogP) is 0.166. The van der Waals surface area contributed by atoms with E-state index >= 15 is 0 Å². The van der Waals surface area contributed by atoms with Crippen LogP contribution < -0.4 is 5.32 Å². The SMILES string of the molecule is CC(CI)C(=O)NCCO. The summed E-state index contributed by atoms with van der Waals surface area (Å²) in [5.74, 6) is 0.0654. The van der Waals surface area contributed by atoms with E-state index in [0.717, 1.165) is 4.43 Å². The van der Waals surface area contributed by atoms with Gasteiger partial charge in [-0.1, -0.05) is 29.5 Å². The summed E-state index contributed by atoms with van der Waals surface area (Å²) in [7, 11) is 0. The quantitative estimate of drug-likeness (QED) is 0.557. The van der Waals surface area contributed by atoms with Gasteiger partial charge in [0.15, 0.2) is 0 Å². The predicted molar refractivity (Wildman–Crippen MR) is 48.1 cm³/mol. The smallest absolute Gasteiger partial charge is 0.223 e. The lowest BCUT2D eigenvalue weighted by Crippen LogP contribution is -2.31. The number of hydrogen-bond donors (Lipinski definition) is 2. The molecule has 0 aromatic carbocycles. The van der Waals surface area contributed by atoms with E-state index in [1.807, 2.05) is 6.92 Å². The van der Waals surface area contributed by atoms with Crippen molar-refractivity contribution in [1.82, 2.24) is 5.32 Å². The zero-order valence-corrected chi connectivity index (χ0v) is 8.09. The first-order valence-corrected chi connectivity index (χ1v) is 4.69. The van der Waals surface area contributed by atoms with E-state index < -0.39 is 0 Å². The lowest BCUT2D eigenvalue weighted by molar-refractivity contribution is -0.123. The molecule has 0 heterocycles. The number of alkyl halides is 1. The molecule has 3 nitrogen and oxygen atoms in total. The number of carbonyl (C=O) groups excluding carboxylic acids is 1. The molecular formula is C6H12INO2. The Kier molecular flexibility index (Phi) is 6.00. The Bertz CT molecular complexity index is 108. The van der Waals surface area contributed by atoms with Gasteiger partial charge in [0.1, 0.15) is 0 Å². The molecule has 0 spiro atoms. The molecule has 1 unspecified atom stereocenters. The van der Waals surface area contributed by atoms with Crippen molar-refractivity contribution in [2.75, 3.05) is 17.6 Å². The van der Waals surface area contributed by atoms with Crippen molar-refractivity contribution in [3.63, 3.8) is 0 Å². The second-order valence-corrected chi connectivity index (χ2v) is 2.95. The highest BCUT2D eigenvalue weighted by atomic mass is 127. The van der Waals surface area contributed by atoms with Gasteiger partial charge >= 0.3 is 0 Å². The lowest BCUT2D eigenvalue weighted by Gasteiger charge is -2.06. The van der Waals surface area contributed by atoms with Gasteiger partial charge in [0.05, 0.1) is 6.61 Å². The average Bonchev–Trinajstić information content (AvgIpc) is 1.98. The molecule has 0 aromatic heterocycles. The summed E-state index contributed by atoms with van der Waals surface area (Å²) in [6.07, 6.45) is 0. The second kappa shape index (κ2) is 5.91. The maximum atomic E-state index is 10.9. The Labute approximate surface area is 74.3 Å². The molecular weight excluding hydrogens is 245 g/mol. The molecule has 60 valence electrons. The van der Waals surface area contributed by atoms with E-state index in [1.54, 1.807) is 0 Å². The highest BCUT2D eigenvalue weighted by Gasteiger charge is 2.08. The monoisotopic (exact) mass is 257 g/mol. The molecule has 0 bridgehead atoms. The van der Waals surface area contributed by atoms with Crippen molar-refractivity contribution < 1.29 is 9.90 Å². The number of rotatable bonds is 4. The average molecular weight is 257 g/mol. The van der Waals surface area contributed by atoms with Crippen molar-refractivity contribution in [2.24, 2.45) is 5.92 Å². The molecule has 0 saturated heterocycles. The highest BCUT2D eigenvalue weighted by molar-refractivity contribution is 14.1. The van der Waals surface area contributed by atoms with Gasteiger partial charge in [-0.2, -0.15) is 0 Å². The summed E-state index contributed by atoms with van der Waals surface area (Å²) >= 11 is 2.16. The standard InChI is InChI=1S/C6H12INO2/c1-5(4-7)6(10)8-2-3-9/h5,9H,2-4H2,1H3,(H,8,10). The molecule has 0 aromatic rings. The highest BCUT2D eigenvalue weighted by Crippen LogP contribution is 1.98. The molecule has 0 fully saturated rings. The number of aliphatic hydroxyl groups is 1. The molecule has 0 rings (SSSR count). The van der Waals surface area contributed by atoms with Crippen LogP contribution in [-0.2, 0) is 4.79 Å². The van der Waals surface area contributed by atoms with Crippen LogP contribution >= 0.6 is 22.6 Å². The Balaban J connectivity index is 3.42. The van der Waals surface area contributed by atoms with Crippen LogP contribution in [0.25, 0.3) is 0 Å². The van der Waals surface area contributed by atoms with E-state index in [1.165, 1.54) is 0 Å². The largest absolute Gasteiger partial charge is 0.395 e. The molecule has 0 radical (unpaired) electrons. The van der Waals surface area contributed by atoms with Crippen LogP contribution in [0.3, 0.4) is 0 Å². The Hall–Kier alpha value is 0.160. The third-order valence-corrected chi connectivity index (χ3v) is 2.41. The maximum Gasteiger partial charge on any atom is 0.223 e. The van der Waals surface area contributed by atoms with E-state index in [9.17, 15) is 4.79 Å². The van der Waals surface area contributed by atoms with E-state index in [-0.39, 0.29) is 18.4 Å². The van der Waals surface area contributed by atoms with Gasteiger partial charge in [-0.15, -0.1) is 0 Å². The molecule has 10 heavy (non-hydrogen) atoms. The number of amides is 1. The van der Waals surface area contributed by atoms with Gasteiger partial charge in [0.25, 0.3) is 0 Å². The number of halogens is 1. The van der Waals surface area contributed by atoms with Crippen molar-refractivity contribution >= 4 is 28.5 Å². The fraction of sp³-hybridized carbons (Fsp3) is 0.833. The fourth-order valence-corrected chi connectivity index (χ4v) is 0.823. The number of carbonyl (C=O) groups is 1. The summed E-state index contributed by atoms with van der Waals surface area (Å²) < 4.78 is 0.815. The topological polar surface area (TPSA) is 49.3 Å². The van der Waals surface area contributed by atoms with Crippen molar-refractivity contribution in [1.29, 1.82) is 0 Å². The minimum absolute atomic E-state index is 0.0136. The van der Waals surface area contributed by atoms with Crippen molar-refractivity contribution in [3.05, 3.63) is 0 Å². The molecule has 0 aliphatic rings. The van der Waals surface area contributed by atoms with Gasteiger partial charge in [0.2, 0.25) is 5.91 Å². The summed E-state index contributed by atoms with van der Waals surface area (Å²) in [5, 5.41) is 10.9. The van der Waals surface area contributed by atoms with E-state index in [4.69, 9.17) is 5.11 Å². The van der Waals surface area contributed by atoms with Crippen LogP contribution in [0.2, 0.25) is 0 Å². The van der Waals surface area contributed by atoms with Crippen LogP contribution in [0.15, 0.2) is 0 Å². The number of aliphatic hydroxyl groups excluding tert-OH is 1. The molecule has 1 amide bonds.